The van der Waals surface area contributed by atoms with Crippen molar-refractivity contribution in [3.8, 4) is 5.75 Å². The van der Waals surface area contributed by atoms with Crippen molar-refractivity contribution < 1.29 is 83.5 Å². The van der Waals surface area contributed by atoms with E-state index in [1.165, 1.54) is 0 Å². The van der Waals surface area contributed by atoms with Crippen LogP contribution in [0.1, 0.15) is 17.0 Å². The molecule has 0 saturated carbocycles. The molecule has 0 bridgehead atoms. The topological polar surface area (TPSA) is 9.23 Å². The van der Waals surface area contributed by atoms with Crippen LogP contribution in [0.25, 0.3) is 0 Å². The van der Waals surface area contributed by atoms with Crippen LogP contribution in [0.5, 0.6) is 5.75 Å². The number of benzene rings is 1. The van der Waals surface area contributed by atoms with Gasteiger partial charge in [-0.15, -0.1) is 11.8 Å². The third-order valence-electron chi connectivity index (χ3n) is 4.63. The molecular formula is C18H13F17OS. The van der Waals surface area contributed by atoms with Crippen LogP contribution in [0.4, 0.5) is 74.6 Å². The maximum absolute atomic E-state index is 13.8. The van der Waals surface area contributed by atoms with E-state index in [9.17, 15) is 74.6 Å². The molecule has 1 rings (SSSR count). The van der Waals surface area contributed by atoms with Crippen molar-refractivity contribution in [3.63, 3.8) is 0 Å². The van der Waals surface area contributed by atoms with Crippen molar-refractivity contribution in [1.82, 2.24) is 0 Å². The smallest absolute Gasteiger partial charge is 0.460 e. The van der Waals surface area contributed by atoms with Gasteiger partial charge in [-0.05, 0) is 36.9 Å². The second-order valence-corrected chi connectivity index (χ2v) is 7.85. The fourth-order valence-corrected chi connectivity index (χ4v) is 2.71. The number of hydrogen-bond donors (Lipinski definition) is 0. The molecular weight excluding hydrogens is 588 g/mol. The van der Waals surface area contributed by atoms with Crippen LogP contribution < -0.4 is 4.74 Å². The minimum absolute atomic E-state index is 0.136. The van der Waals surface area contributed by atoms with Gasteiger partial charge in [0.1, 0.15) is 5.75 Å². The van der Waals surface area contributed by atoms with Gasteiger partial charge in [0.2, 0.25) is 0 Å². The Morgan fingerprint density at radius 3 is 1.43 bits per heavy atom. The molecule has 0 radical (unpaired) electrons. The number of rotatable bonds is 12. The molecule has 0 heterocycles. The molecule has 0 fully saturated rings. The summed E-state index contributed by atoms with van der Waals surface area (Å²) >= 11 is 0.386. The van der Waals surface area contributed by atoms with Crippen LogP contribution in [0.2, 0.25) is 0 Å². The summed E-state index contributed by atoms with van der Waals surface area (Å²) in [6.07, 6.45) is -14.3. The van der Waals surface area contributed by atoms with E-state index in [4.69, 9.17) is 8.85 Å². The molecule has 0 aliphatic heterocycles. The molecule has 0 aromatic heterocycles. The zero-order valence-corrected chi connectivity index (χ0v) is 18.0. The first-order chi connectivity index (χ1) is 17.4. The van der Waals surface area contributed by atoms with E-state index in [1.54, 1.807) is 0 Å². The minimum Gasteiger partial charge on any atom is -0.494 e. The summed E-state index contributed by atoms with van der Waals surface area (Å²) in [4.78, 5) is 0.136. The SMILES string of the molecule is [2H][13C]([2H])([2H])Sc1ccc(OCCCC(F)(F)C(F)(F)C(F)(F)C(F)(F)C(F)(F)C(F)(F)C(F)(F)C(F)(F)F)cc1. The number of hydrogen-bond acceptors (Lipinski definition) is 2. The lowest BCUT2D eigenvalue weighted by Crippen LogP contribution is -2.74. The fourth-order valence-electron chi connectivity index (χ4n) is 2.44. The van der Waals surface area contributed by atoms with Crippen molar-refractivity contribution >= 4 is 11.8 Å². The Labute approximate surface area is 204 Å². The highest BCUT2D eigenvalue weighted by molar-refractivity contribution is 7.98. The second-order valence-electron chi connectivity index (χ2n) is 7.17. The number of ether oxygens (including phenoxy) is 1. The Balaban J connectivity index is 3.12. The van der Waals surface area contributed by atoms with Crippen molar-refractivity contribution in [1.29, 1.82) is 0 Å². The van der Waals surface area contributed by atoms with Crippen molar-refractivity contribution in [3.05, 3.63) is 24.3 Å². The first kappa shape index (κ1) is 28.2. The standard InChI is InChI=1S/C18H13F17OS/c1-37-10-5-3-9(4-6-10)36-8-2-7-11(19,20)12(21,22)13(23,24)14(25,26)15(27,28)16(29,30)17(31,32)18(33,34)35/h3-6H,2,7-8H2,1H3/i1+1D3. The van der Waals surface area contributed by atoms with Gasteiger partial charge in [0, 0.05) is 15.4 Å². The largest absolute Gasteiger partial charge is 0.494 e. The van der Waals surface area contributed by atoms with Crippen LogP contribution in [0, 0.1) is 0 Å². The van der Waals surface area contributed by atoms with E-state index in [1.807, 2.05) is 0 Å². The first-order valence-corrected chi connectivity index (χ1v) is 9.86. The monoisotopic (exact) mass is 604 g/mol. The average molecular weight is 604 g/mol. The van der Waals surface area contributed by atoms with Gasteiger partial charge in [0.25, 0.3) is 0 Å². The van der Waals surface area contributed by atoms with Crippen molar-refractivity contribution in [2.75, 3.05) is 12.8 Å². The predicted octanol–water partition coefficient (Wildman–Crippen LogP) is 8.58. The predicted molar refractivity (Wildman–Crippen MR) is 93.6 cm³/mol. The summed E-state index contributed by atoms with van der Waals surface area (Å²) in [5.41, 5.74) is 0. The lowest BCUT2D eigenvalue weighted by Gasteiger charge is -2.42. The van der Waals surface area contributed by atoms with E-state index < -0.39 is 73.3 Å². The van der Waals surface area contributed by atoms with Crippen LogP contribution >= 0.6 is 11.8 Å². The van der Waals surface area contributed by atoms with E-state index in [-0.39, 0.29) is 10.6 Å². The van der Waals surface area contributed by atoms with Gasteiger partial charge in [0.15, 0.2) is 0 Å². The van der Waals surface area contributed by atoms with Crippen LogP contribution in [0.3, 0.4) is 0 Å². The van der Waals surface area contributed by atoms with Crippen LogP contribution in [-0.2, 0) is 0 Å². The van der Waals surface area contributed by atoms with Gasteiger partial charge in [-0.3, -0.25) is 0 Å². The summed E-state index contributed by atoms with van der Waals surface area (Å²) in [7, 11) is 0. The van der Waals surface area contributed by atoms with E-state index in [0.29, 0.717) is 11.8 Å². The van der Waals surface area contributed by atoms with Gasteiger partial charge >= 0.3 is 47.6 Å². The molecule has 19 heteroatoms. The molecule has 216 valence electrons. The third kappa shape index (κ3) is 5.37. The Bertz CT molecular complexity index is 1010. The van der Waals surface area contributed by atoms with Crippen molar-refractivity contribution in [2.24, 2.45) is 0 Å². The quantitative estimate of drug-likeness (QED) is 0.102. The summed E-state index contributed by atoms with van der Waals surface area (Å²) in [5, 5.41) is 0. The normalized spacial score (nSPS) is 16.7. The Morgan fingerprint density at radius 1 is 0.622 bits per heavy atom. The van der Waals surface area contributed by atoms with E-state index in [2.05, 4.69) is 0 Å². The molecule has 0 atom stereocenters. The maximum Gasteiger partial charge on any atom is 0.460 e. The van der Waals surface area contributed by atoms with E-state index >= 15 is 0 Å². The number of thioether (sulfide) groups is 1. The summed E-state index contributed by atoms with van der Waals surface area (Å²) in [5.74, 6) is -56.8. The zero-order chi connectivity index (χ0) is 32.0. The molecule has 0 saturated heterocycles. The minimum atomic E-state index is -8.66. The second kappa shape index (κ2) is 10.1. The Morgan fingerprint density at radius 2 is 1.03 bits per heavy atom. The van der Waals surface area contributed by atoms with Gasteiger partial charge in [-0.25, -0.2) is 0 Å². The third-order valence-corrected chi connectivity index (χ3v) is 5.14. The van der Waals surface area contributed by atoms with E-state index in [0.717, 1.165) is 24.3 Å². The van der Waals surface area contributed by atoms with Gasteiger partial charge in [0.05, 0.1) is 6.61 Å². The van der Waals surface area contributed by atoms with Gasteiger partial charge in [-0.1, -0.05) is 0 Å². The van der Waals surface area contributed by atoms with Crippen molar-refractivity contribution in [2.45, 2.75) is 65.4 Å². The molecule has 1 aromatic rings. The molecule has 0 unspecified atom stereocenters. The fraction of sp³-hybridized carbons (Fsp3) is 0.667. The average Bonchev–Trinajstić information content (AvgIpc) is 2.75. The molecule has 1 aromatic carbocycles. The molecule has 0 amide bonds. The van der Waals surface area contributed by atoms with Gasteiger partial charge < -0.3 is 4.74 Å². The number of alkyl halides is 17. The lowest BCUT2D eigenvalue weighted by atomic mass is 9.88. The highest BCUT2D eigenvalue weighted by atomic mass is 32.2. The molecule has 0 N–H and O–H groups in total. The summed E-state index contributed by atoms with van der Waals surface area (Å²) in [6.45, 7) is -1.09. The zero-order valence-electron chi connectivity index (χ0n) is 20.2. The Hall–Kier alpha value is -1.82. The highest BCUT2D eigenvalue weighted by Gasteiger charge is 2.95. The molecule has 37 heavy (non-hydrogen) atoms. The highest BCUT2D eigenvalue weighted by Crippen LogP contribution is 2.64. The van der Waals surface area contributed by atoms with Gasteiger partial charge in [-0.2, -0.15) is 74.6 Å². The Kier molecular flexibility index (Phi) is 7.66. The molecule has 0 aliphatic carbocycles. The molecule has 1 nitrogen and oxygen atoms in total. The number of halogens is 17. The molecule has 0 spiro atoms. The van der Waals surface area contributed by atoms with Crippen LogP contribution in [-0.4, -0.2) is 60.4 Å². The summed E-state index contributed by atoms with van der Waals surface area (Å²) < 4.78 is 251. The molecule has 0 aliphatic rings. The first-order valence-electron chi connectivity index (χ1n) is 10.5. The lowest BCUT2D eigenvalue weighted by molar-refractivity contribution is -0.461. The maximum atomic E-state index is 13.8. The summed E-state index contributed by atoms with van der Waals surface area (Å²) in [6, 6.07) is 4.29. The van der Waals surface area contributed by atoms with Crippen LogP contribution in [0.15, 0.2) is 29.2 Å².